The van der Waals surface area contributed by atoms with Gasteiger partial charge in [0.1, 0.15) is 17.3 Å². The van der Waals surface area contributed by atoms with Crippen LogP contribution in [0.3, 0.4) is 0 Å². The van der Waals surface area contributed by atoms with Gasteiger partial charge in [-0.15, -0.1) is 0 Å². The van der Waals surface area contributed by atoms with Gasteiger partial charge in [-0.2, -0.15) is 0 Å². The Balaban J connectivity index is 2.93. The van der Waals surface area contributed by atoms with Crippen LogP contribution in [-0.4, -0.2) is 6.61 Å². The molecular weight excluding hydrogens is 243 g/mol. The molecule has 104 valence electrons. The van der Waals surface area contributed by atoms with Gasteiger partial charge < -0.3 is 9.47 Å². The molecule has 0 amide bonds. The van der Waals surface area contributed by atoms with Gasteiger partial charge in [0.25, 0.3) is 0 Å². The Labute approximate surface area is 114 Å². The van der Waals surface area contributed by atoms with Crippen molar-refractivity contribution in [3.63, 3.8) is 0 Å². The average molecular weight is 264 g/mol. The molecule has 0 aliphatic heterocycles. The standard InChI is InChI=1S/C16H21FO2/c1-5-12(4)16(6-2)19-14-8-9-15(17)13(10-14)11-18-7-3/h5,8-10H,1,6-7,11H2,2-4H3/b16-12+. The summed E-state index contributed by atoms with van der Waals surface area (Å²) in [6, 6.07) is 4.70. The number of halogens is 1. The molecule has 0 saturated carbocycles. The highest BCUT2D eigenvalue weighted by atomic mass is 19.1. The van der Waals surface area contributed by atoms with E-state index >= 15 is 0 Å². The molecule has 0 aliphatic carbocycles. The summed E-state index contributed by atoms with van der Waals surface area (Å²) in [7, 11) is 0. The molecule has 0 aromatic heterocycles. The van der Waals surface area contributed by atoms with Crippen LogP contribution in [0.1, 0.15) is 32.8 Å². The Morgan fingerprint density at radius 3 is 2.68 bits per heavy atom. The van der Waals surface area contributed by atoms with Crippen LogP contribution in [0.2, 0.25) is 0 Å². The summed E-state index contributed by atoms with van der Waals surface area (Å²) < 4.78 is 24.6. The van der Waals surface area contributed by atoms with Crippen LogP contribution in [0.5, 0.6) is 5.75 Å². The van der Waals surface area contributed by atoms with Gasteiger partial charge in [0.2, 0.25) is 0 Å². The lowest BCUT2D eigenvalue weighted by molar-refractivity contribution is 0.131. The van der Waals surface area contributed by atoms with E-state index in [1.165, 1.54) is 6.07 Å². The molecule has 0 bridgehead atoms. The molecule has 1 rings (SSSR count). The second-order valence-electron chi connectivity index (χ2n) is 4.16. The molecular formula is C16H21FO2. The topological polar surface area (TPSA) is 18.5 Å². The van der Waals surface area contributed by atoms with Gasteiger partial charge in [-0.05, 0) is 37.6 Å². The average Bonchev–Trinajstić information content (AvgIpc) is 2.44. The number of allylic oxidation sites excluding steroid dienone is 3. The van der Waals surface area contributed by atoms with Crippen LogP contribution >= 0.6 is 0 Å². The molecule has 2 nitrogen and oxygen atoms in total. The molecule has 0 radical (unpaired) electrons. The number of rotatable bonds is 7. The Morgan fingerprint density at radius 1 is 1.37 bits per heavy atom. The van der Waals surface area contributed by atoms with Crippen LogP contribution in [0.4, 0.5) is 4.39 Å². The van der Waals surface area contributed by atoms with Crippen molar-refractivity contribution in [2.45, 2.75) is 33.8 Å². The van der Waals surface area contributed by atoms with E-state index in [9.17, 15) is 4.39 Å². The summed E-state index contributed by atoms with van der Waals surface area (Å²) in [5.74, 6) is 1.18. The maximum absolute atomic E-state index is 13.6. The van der Waals surface area contributed by atoms with Gasteiger partial charge in [0.05, 0.1) is 6.61 Å². The van der Waals surface area contributed by atoms with Crippen LogP contribution in [0.15, 0.2) is 42.2 Å². The highest BCUT2D eigenvalue weighted by molar-refractivity contribution is 5.32. The summed E-state index contributed by atoms with van der Waals surface area (Å²) in [6.45, 7) is 10.4. The Kier molecular flexibility index (Phi) is 6.30. The Morgan fingerprint density at radius 2 is 2.11 bits per heavy atom. The highest BCUT2D eigenvalue weighted by Crippen LogP contribution is 2.22. The Bertz CT molecular complexity index is 464. The molecule has 19 heavy (non-hydrogen) atoms. The second-order valence-corrected chi connectivity index (χ2v) is 4.16. The first-order valence-electron chi connectivity index (χ1n) is 6.48. The first-order valence-corrected chi connectivity index (χ1v) is 6.48. The smallest absolute Gasteiger partial charge is 0.128 e. The monoisotopic (exact) mass is 264 g/mol. The van der Waals surface area contributed by atoms with Crippen LogP contribution in [0.25, 0.3) is 0 Å². The predicted molar refractivity (Wildman–Crippen MR) is 75.5 cm³/mol. The molecule has 3 heteroatoms. The van der Waals surface area contributed by atoms with Gasteiger partial charge in [0.15, 0.2) is 0 Å². The van der Waals surface area contributed by atoms with Crippen molar-refractivity contribution in [2.75, 3.05) is 6.61 Å². The SMILES string of the molecule is C=C/C(C)=C(\CC)Oc1ccc(F)c(COCC)c1. The maximum Gasteiger partial charge on any atom is 0.128 e. The normalized spacial score (nSPS) is 12.0. The summed E-state index contributed by atoms with van der Waals surface area (Å²) in [4.78, 5) is 0. The van der Waals surface area contributed by atoms with Crippen LogP contribution in [-0.2, 0) is 11.3 Å². The zero-order valence-corrected chi connectivity index (χ0v) is 11.8. The van der Waals surface area contributed by atoms with Gasteiger partial charge in [-0.1, -0.05) is 19.6 Å². The fraction of sp³-hybridized carbons (Fsp3) is 0.375. The number of hydrogen-bond acceptors (Lipinski definition) is 2. The minimum atomic E-state index is -0.275. The first-order chi connectivity index (χ1) is 9.12. The molecule has 0 aliphatic rings. The molecule has 0 unspecified atom stereocenters. The van der Waals surface area contributed by atoms with Crippen LogP contribution in [0, 0.1) is 5.82 Å². The highest BCUT2D eigenvalue weighted by Gasteiger charge is 2.07. The van der Waals surface area contributed by atoms with Gasteiger partial charge in [0, 0.05) is 18.6 Å². The van der Waals surface area contributed by atoms with E-state index in [-0.39, 0.29) is 12.4 Å². The number of ether oxygens (including phenoxy) is 2. The minimum absolute atomic E-state index is 0.255. The third-order valence-electron chi connectivity index (χ3n) is 2.79. The number of hydrogen-bond donors (Lipinski definition) is 0. The third kappa shape index (κ3) is 4.52. The van der Waals surface area contributed by atoms with Crippen molar-refractivity contribution in [1.29, 1.82) is 0 Å². The van der Waals surface area contributed by atoms with Crippen molar-refractivity contribution in [1.82, 2.24) is 0 Å². The lowest BCUT2D eigenvalue weighted by atomic mass is 10.2. The van der Waals surface area contributed by atoms with Crippen molar-refractivity contribution < 1.29 is 13.9 Å². The summed E-state index contributed by atoms with van der Waals surface area (Å²) in [5.41, 5.74) is 1.49. The fourth-order valence-electron chi connectivity index (χ4n) is 1.62. The maximum atomic E-state index is 13.6. The van der Waals surface area contributed by atoms with Crippen molar-refractivity contribution >= 4 is 0 Å². The summed E-state index contributed by atoms with van der Waals surface area (Å²) in [6.07, 6.45) is 2.51. The first kappa shape index (κ1) is 15.4. The molecule has 0 spiro atoms. The molecule has 0 heterocycles. The minimum Gasteiger partial charge on any atom is -0.461 e. The van der Waals surface area contributed by atoms with E-state index in [0.717, 1.165) is 17.8 Å². The largest absolute Gasteiger partial charge is 0.461 e. The molecule has 0 N–H and O–H groups in total. The van der Waals surface area contributed by atoms with Crippen molar-refractivity contribution in [3.05, 3.63) is 53.6 Å². The fourth-order valence-corrected chi connectivity index (χ4v) is 1.62. The second kappa shape index (κ2) is 7.74. The van der Waals surface area contributed by atoms with E-state index < -0.39 is 0 Å². The third-order valence-corrected chi connectivity index (χ3v) is 2.79. The summed E-state index contributed by atoms with van der Waals surface area (Å²) in [5, 5.41) is 0. The van der Waals surface area contributed by atoms with E-state index in [0.29, 0.717) is 17.9 Å². The molecule has 1 aromatic rings. The predicted octanol–water partition coefficient (Wildman–Crippen LogP) is 4.61. The molecule has 1 aromatic carbocycles. The molecule has 0 saturated heterocycles. The zero-order valence-electron chi connectivity index (χ0n) is 11.8. The van der Waals surface area contributed by atoms with Crippen LogP contribution < -0.4 is 4.74 Å². The lowest BCUT2D eigenvalue weighted by Crippen LogP contribution is -2.00. The van der Waals surface area contributed by atoms with E-state index in [1.54, 1.807) is 18.2 Å². The van der Waals surface area contributed by atoms with Gasteiger partial charge in [-0.25, -0.2) is 4.39 Å². The lowest BCUT2D eigenvalue weighted by Gasteiger charge is -2.12. The van der Waals surface area contributed by atoms with Gasteiger partial charge in [-0.3, -0.25) is 0 Å². The van der Waals surface area contributed by atoms with E-state index in [4.69, 9.17) is 9.47 Å². The van der Waals surface area contributed by atoms with Crippen molar-refractivity contribution in [3.8, 4) is 5.75 Å². The van der Waals surface area contributed by atoms with Gasteiger partial charge >= 0.3 is 0 Å². The number of benzene rings is 1. The molecule has 0 atom stereocenters. The summed E-state index contributed by atoms with van der Waals surface area (Å²) >= 11 is 0. The zero-order chi connectivity index (χ0) is 14.3. The Hall–Kier alpha value is -1.61. The van der Waals surface area contributed by atoms with E-state index in [2.05, 4.69) is 6.58 Å². The van der Waals surface area contributed by atoms with Crippen molar-refractivity contribution in [2.24, 2.45) is 0 Å². The molecule has 0 fully saturated rings. The quantitative estimate of drug-likeness (QED) is 0.529. The van der Waals surface area contributed by atoms with E-state index in [1.807, 2.05) is 20.8 Å².